The van der Waals surface area contributed by atoms with E-state index in [0.717, 1.165) is 54.6 Å². The van der Waals surface area contributed by atoms with Crippen molar-refractivity contribution in [3.8, 4) is 5.75 Å². The van der Waals surface area contributed by atoms with E-state index in [-0.39, 0.29) is 0 Å². The Morgan fingerprint density at radius 3 is 2.89 bits per heavy atom. The largest absolute Gasteiger partial charge is 0.493 e. The van der Waals surface area contributed by atoms with Gasteiger partial charge in [-0.2, -0.15) is 11.8 Å². The van der Waals surface area contributed by atoms with Crippen molar-refractivity contribution in [3.05, 3.63) is 28.8 Å². The summed E-state index contributed by atoms with van der Waals surface area (Å²) < 4.78 is 5.86. The molecule has 0 saturated heterocycles. The summed E-state index contributed by atoms with van der Waals surface area (Å²) in [6.45, 7) is 6.94. The fourth-order valence-corrected chi connectivity index (χ4v) is 2.52. The summed E-state index contributed by atoms with van der Waals surface area (Å²) in [7, 11) is 0. The van der Waals surface area contributed by atoms with Gasteiger partial charge in [-0.1, -0.05) is 25.4 Å². The molecule has 1 aromatic rings. The van der Waals surface area contributed by atoms with Gasteiger partial charge in [0.25, 0.3) is 0 Å². The SMILES string of the molecule is CCCNCc1cc(Cl)ccc1OCCCSCC. The van der Waals surface area contributed by atoms with Crippen molar-refractivity contribution >= 4 is 23.4 Å². The molecule has 19 heavy (non-hydrogen) atoms. The molecule has 0 amide bonds. The first-order valence-electron chi connectivity index (χ1n) is 6.97. The number of hydrogen-bond acceptors (Lipinski definition) is 3. The highest BCUT2D eigenvalue weighted by Crippen LogP contribution is 2.23. The van der Waals surface area contributed by atoms with E-state index < -0.39 is 0 Å². The molecule has 0 aliphatic heterocycles. The van der Waals surface area contributed by atoms with E-state index >= 15 is 0 Å². The predicted molar refractivity (Wildman–Crippen MR) is 86.6 cm³/mol. The fourth-order valence-electron chi connectivity index (χ4n) is 1.71. The normalized spacial score (nSPS) is 10.7. The number of thioether (sulfide) groups is 1. The highest BCUT2D eigenvalue weighted by atomic mass is 35.5. The van der Waals surface area contributed by atoms with Crippen molar-refractivity contribution in [2.24, 2.45) is 0 Å². The summed E-state index contributed by atoms with van der Waals surface area (Å²) in [5, 5.41) is 4.15. The summed E-state index contributed by atoms with van der Waals surface area (Å²) in [6.07, 6.45) is 2.22. The molecule has 0 bridgehead atoms. The van der Waals surface area contributed by atoms with E-state index in [1.165, 1.54) is 5.75 Å². The number of hydrogen-bond donors (Lipinski definition) is 1. The lowest BCUT2D eigenvalue weighted by molar-refractivity contribution is 0.314. The maximum atomic E-state index is 6.05. The average Bonchev–Trinajstić information content (AvgIpc) is 2.41. The zero-order valence-corrected chi connectivity index (χ0v) is 13.4. The minimum absolute atomic E-state index is 0.766. The lowest BCUT2D eigenvalue weighted by Gasteiger charge is -2.12. The summed E-state index contributed by atoms with van der Waals surface area (Å²) >= 11 is 8.00. The lowest BCUT2D eigenvalue weighted by Crippen LogP contribution is -2.15. The van der Waals surface area contributed by atoms with Gasteiger partial charge in [-0.3, -0.25) is 0 Å². The van der Waals surface area contributed by atoms with Gasteiger partial charge >= 0.3 is 0 Å². The van der Waals surface area contributed by atoms with Crippen molar-refractivity contribution in [2.75, 3.05) is 24.7 Å². The fraction of sp³-hybridized carbons (Fsp3) is 0.600. The molecule has 4 heteroatoms. The first-order valence-corrected chi connectivity index (χ1v) is 8.50. The van der Waals surface area contributed by atoms with Crippen LogP contribution in [0.1, 0.15) is 32.3 Å². The molecule has 0 atom stereocenters. The third-order valence-electron chi connectivity index (χ3n) is 2.66. The summed E-state index contributed by atoms with van der Waals surface area (Å²) in [5.74, 6) is 3.29. The standard InChI is InChI=1S/C15H24ClNOS/c1-3-8-17-12-13-11-14(16)6-7-15(13)18-9-5-10-19-4-2/h6-7,11,17H,3-5,8-10,12H2,1-2H3. The molecule has 108 valence electrons. The van der Waals surface area contributed by atoms with Crippen LogP contribution in [-0.4, -0.2) is 24.7 Å². The van der Waals surface area contributed by atoms with Crippen LogP contribution < -0.4 is 10.1 Å². The Kier molecular flexibility index (Phi) is 9.14. The zero-order valence-electron chi connectivity index (χ0n) is 11.9. The van der Waals surface area contributed by atoms with Gasteiger partial charge < -0.3 is 10.1 Å². The number of halogens is 1. The van der Waals surface area contributed by atoms with Crippen LogP contribution in [-0.2, 0) is 6.54 Å². The molecule has 0 heterocycles. The molecule has 0 saturated carbocycles. The second-order valence-electron chi connectivity index (χ2n) is 4.33. The zero-order chi connectivity index (χ0) is 13.9. The topological polar surface area (TPSA) is 21.3 Å². The Balaban J connectivity index is 2.45. The van der Waals surface area contributed by atoms with Crippen LogP contribution in [0.3, 0.4) is 0 Å². The van der Waals surface area contributed by atoms with E-state index in [1.54, 1.807) is 0 Å². The Bertz CT molecular complexity index is 360. The first-order chi connectivity index (χ1) is 9.27. The minimum atomic E-state index is 0.766. The highest BCUT2D eigenvalue weighted by Gasteiger charge is 2.04. The summed E-state index contributed by atoms with van der Waals surface area (Å²) in [6, 6.07) is 5.85. The van der Waals surface area contributed by atoms with Crippen molar-refractivity contribution < 1.29 is 4.74 Å². The van der Waals surface area contributed by atoms with Crippen molar-refractivity contribution in [3.63, 3.8) is 0 Å². The highest BCUT2D eigenvalue weighted by molar-refractivity contribution is 7.99. The predicted octanol–water partition coefficient (Wildman–Crippen LogP) is 4.36. The third kappa shape index (κ3) is 7.09. The van der Waals surface area contributed by atoms with E-state index in [4.69, 9.17) is 16.3 Å². The van der Waals surface area contributed by atoms with E-state index in [0.29, 0.717) is 0 Å². The van der Waals surface area contributed by atoms with E-state index in [9.17, 15) is 0 Å². The summed E-state index contributed by atoms with van der Waals surface area (Å²) in [5.41, 5.74) is 1.14. The number of benzene rings is 1. The van der Waals surface area contributed by atoms with Gasteiger partial charge in [-0.05, 0) is 49.1 Å². The Morgan fingerprint density at radius 2 is 2.16 bits per heavy atom. The molecule has 0 aliphatic rings. The molecule has 2 nitrogen and oxygen atoms in total. The van der Waals surface area contributed by atoms with Crippen LogP contribution in [0.25, 0.3) is 0 Å². The van der Waals surface area contributed by atoms with Gasteiger partial charge in [0.15, 0.2) is 0 Å². The Labute approximate surface area is 126 Å². The maximum Gasteiger partial charge on any atom is 0.123 e. The van der Waals surface area contributed by atoms with E-state index in [2.05, 4.69) is 19.2 Å². The molecule has 0 spiro atoms. The van der Waals surface area contributed by atoms with Gasteiger partial charge in [-0.25, -0.2) is 0 Å². The van der Waals surface area contributed by atoms with Gasteiger partial charge in [0.1, 0.15) is 5.75 Å². The molecular formula is C15H24ClNOS. The molecule has 1 rings (SSSR count). The van der Waals surface area contributed by atoms with Crippen molar-refractivity contribution in [1.29, 1.82) is 0 Å². The van der Waals surface area contributed by atoms with Crippen LogP contribution in [0, 0.1) is 0 Å². The second kappa shape index (κ2) is 10.4. The number of ether oxygens (including phenoxy) is 1. The molecular weight excluding hydrogens is 278 g/mol. The number of nitrogens with one attached hydrogen (secondary N) is 1. The monoisotopic (exact) mass is 301 g/mol. The molecule has 1 aromatic carbocycles. The lowest BCUT2D eigenvalue weighted by atomic mass is 10.2. The van der Waals surface area contributed by atoms with Crippen molar-refractivity contribution in [2.45, 2.75) is 33.2 Å². The second-order valence-corrected chi connectivity index (χ2v) is 6.16. The van der Waals surface area contributed by atoms with Crippen LogP contribution in [0.5, 0.6) is 5.75 Å². The third-order valence-corrected chi connectivity index (χ3v) is 3.88. The smallest absolute Gasteiger partial charge is 0.123 e. The molecule has 0 aromatic heterocycles. The average molecular weight is 302 g/mol. The van der Waals surface area contributed by atoms with Gasteiger partial charge in [0.05, 0.1) is 6.61 Å². The van der Waals surface area contributed by atoms with E-state index in [1.807, 2.05) is 30.0 Å². The van der Waals surface area contributed by atoms with Crippen LogP contribution in [0.2, 0.25) is 5.02 Å². The maximum absolute atomic E-state index is 6.05. The van der Waals surface area contributed by atoms with Gasteiger partial charge in [-0.15, -0.1) is 0 Å². The molecule has 0 aliphatic carbocycles. The van der Waals surface area contributed by atoms with Gasteiger partial charge in [0, 0.05) is 17.1 Å². The number of rotatable bonds is 10. The van der Waals surface area contributed by atoms with Gasteiger partial charge in [0.2, 0.25) is 0 Å². The molecule has 1 N–H and O–H groups in total. The van der Waals surface area contributed by atoms with Crippen LogP contribution >= 0.6 is 23.4 Å². The first kappa shape index (κ1) is 16.7. The summed E-state index contributed by atoms with van der Waals surface area (Å²) in [4.78, 5) is 0. The molecule has 0 radical (unpaired) electrons. The molecule has 0 fully saturated rings. The molecule has 0 unspecified atom stereocenters. The van der Waals surface area contributed by atoms with Crippen LogP contribution in [0.4, 0.5) is 0 Å². The van der Waals surface area contributed by atoms with Crippen LogP contribution in [0.15, 0.2) is 18.2 Å². The quantitative estimate of drug-likeness (QED) is 0.649. The minimum Gasteiger partial charge on any atom is -0.493 e. The Hall–Kier alpha value is -0.380. The Morgan fingerprint density at radius 1 is 1.32 bits per heavy atom. The van der Waals surface area contributed by atoms with Crippen molar-refractivity contribution in [1.82, 2.24) is 5.32 Å².